The summed E-state index contributed by atoms with van der Waals surface area (Å²) in [6.45, 7) is 0. The molecule has 5 nitrogen and oxygen atoms in total. The van der Waals surface area contributed by atoms with Crippen molar-refractivity contribution in [1.29, 1.82) is 0 Å². The number of aromatic nitrogens is 1. The normalized spacial score (nSPS) is 16.1. The first-order chi connectivity index (χ1) is 8.78. The third kappa shape index (κ3) is 3.61. The van der Waals surface area contributed by atoms with E-state index in [-0.39, 0.29) is 6.03 Å². The van der Waals surface area contributed by atoms with Crippen LogP contribution in [0.5, 0.6) is 0 Å². The van der Waals surface area contributed by atoms with Gasteiger partial charge in [0.1, 0.15) is 5.82 Å². The van der Waals surface area contributed by atoms with Gasteiger partial charge in [0.05, 0.1) is 11.9 Å². The Morgan fingerprint density at radius 3 is 2.67 bits per heavy atom. The molecule has 0 aromatic carbocycles. The Morgan fingerprint density at radius 2 is 2.06 bits per heavy atom. The average Bonchev–Trinajstić information content (AvgIpc) is 2.40. The quantitative estimate of drug-likeness (QED) is 0.770. The fourth-order valence-corrected chi connectivity index (χ4v) is 2.22. The smallest absolute Gasteiger partial charge is 0.319 e. The lowest BCUT2D eigenvalue weighted by atomic mass is 9.96. The van der Waals surface area contributed by atoms with E-state index in [1.54, 1.807) is 6.20 Å². The standard InChI is InChI=1S/C13H20N4O/c1-14-12-8-7-11(9-15-12)17-13(18)16-10-5-3-2-4-6-10/h7-10H,2-6H2,1H3,(H,14,15)(H2,16,17,18). The van der Waals surface area contributed by atoms with Gasteiger partial charge in [-0.3, -0.25) is 0 Å². The van der Waals surface area contributed by atoms with E-state index < -0.39 is 0 Å². The SMILES string of the molecule is CNc1ccc(NC(=O)NC2CCCCC2)cn1. The third-order valence-corrected chi connectivity index (χ3v) is 3.22. The van der Waals surface area contributed by atoms with Crippen molar-refractivity contribution in [2.75, 3.05) is 17.7 Å². The second-order valence-electron chi connectivity index (χ2n) is 4.62. The van der Waals surface area contributed by atoms with Gasteiger partial charge in [0.2, 0.25) is 0 Å². The van der Waals surface area contributed by atoms with Gasteiger partial charge in [-0.2, -0.15) is 0 Å². The van der Waals surface area contributed by atoms with E-state index in [1.165, 1.54) is 19.3 Å². The van der Waals surface area contributed by atoms with E-state index in [0.29, 0.717) is 11.7 Å². The Bertz CT molecular complexity index is 384. The number of amides is 2. The van der Waals surface area contributed by atoms with Crippen LogP contribution in [0.4, 0.5) is 16.3 Å². The van der Waals surface area contributed by atoms with Gasteiger partial charge in [-0.25, -0.2) is 9.78 Å². The summed E-state index contributed by atoms with van der Waals surface area (Å²) in [4.78, 5) is 15.9. The van der Waals surface area contributed by atoms with Gasteiger partial charge in [0.15, 0.2) is 0 Å². The van der Waals surface area contributed by atoms with Crippen LogP contribution < -0.4 is 16.0 Å². The molecule has 0 atom stereocenters. The van der Waals surface area contributed by atoms with Crippen LogP contribution in [0.15, 0.2) is 18.3 Å². The first-order valence-electron chi connectivity index (χ1n) is 6.49. The highest BCUT2D eigenvalue weighted by atomic mass is 16.2. The highest BCUT2D eigenvalue weighted by molar-refractivity contribution is 5.89. The number of rotatable bonds is 3. The lowest BCUT2D eigenvalue weighted by Gasteiger charge is -2.22. The number of nitrogens with one attached hydrogen (secondary N) is 3. The Kier molecular flexibility index (Phi) is 4.39. The second kappa shape index (κ2) is 6.23. The molecular weight excluding hydrogens is 228 g/mol. The van der Waals surface area contributed by atoms with Crippen molar-refractivity contribution >= 4 is 17.5 Å². The minimum absolute atomic E-state index is 0.138. The molecule has 1 saturated carbocycles. The van der Waals surface area contributed by atoms with Crippen molar-refractivity contribution in [3.05, 3.63) is 18.3 Å². The summed E-state index contributed by atoms with van der Waals surface area (Å²) in [6, 6.07) is 3.85. The first-order valence-corrected chi connectivity index (χ1v) is 6.49. The van der Waals surface area contributed by atoms with Gasteiger partial charge < -0.3 is 16.0 Å². The van der Waals surface area contributed by atoms with Crippen LogP contribution in [0.2, 0.25) is 0 Å². The summed E-state index contributed by atoms with van der Waals surface area (Å²) in [5.41, 5.74) is 0.710. The van der Waals surface area contributed by atoms with Crippen molar-refractivity contribution in [1.82, 2.24) is 10.3 Å². The van der Waals surface area contributed by atoms with E-state index >= 15 is 0 Å². The van der Waals surface area contributed by atoms with Crippen LogP contribution in [0.1, 0.15) is 32.1 Å². The maximum Gasteiger partial charge on any atom is 0.319 e. The zero-order valence-electron chi connectivity index (χ0n) is 10.7. The Morgan fingerprint density at radius 1 is 1.28 bits per heavy atom. The maximum absolute atomic E-state index is 11.8. The van der Waals surface area contributed by atoms with Gasteiger partial charge >= 0.3 is 6.03 Å². The van der Waals surface area contributed by atoms with E-state index in [1.807, 2.05) is 19.2 Å². The van der Waals surface area contributed by atoms with Gasteiger partial charge in [-0.1, -0.05) is 19.3 Å². The Balaban J connectivity index is 1.82. The topological polar surface area (TPSA) is 66.0 Å². The van der Waals surface area contributed by atoms with Gasteiger partial charge in [0.25, 0.3) is 0 Å². The lowest BCUT2D eigenvalue weighted by Crippen LogP contribution is -2.39. The molecule has 1 fully saturated rings. The van der Waals surface area contributed by atoms with Crippen molar-refractivity contribution in [3.8, 4) is 0 Å². The molecule has 98 valence electrons. The molecule has 0 saturated heterocycles. The van der Waals surface area contributed by atoms with Gasteiger partial charge in [-0.15, -0.1) is 0 Å². The maximum atomic E-state index is 11.8. The monoisotopic (exact) mass is 248 g/mol. The summed E-state index contributed by atoms with van der Waals surface area (Å²) in [6.07, 6.45) is 7.53. The Labute approximate surface area is 107 Å². The molecule has 1 aliphatic rings. The predicted octanol–water partition coefficient (Wildman–Crippen LogP) is 2.58. The fraction of sp³-hybridized carbons (Fsp3) is 0.538. The summed E-state index contributed by atoms with van der Waals surface area (Å²) in [5, 5.41) is 8.74. The zero-order valence-corrected chi connectivity index (χ0v) is 10.7. The molecule has 0 spiro atoms. The molecule has 0 aliphatic heterocycles. The number of hydrogen-bond acceptors (Lipinski definition) is 3. The summed E-state index contributed by atoms with van der Waals surface area (Å²) in [7, 11) is 1.81. The number of urea groups is 1. The minimum atomic E-state index is -0.138. The largest absolute Gasteiger partial charge is 0.373 e. The van der Waals surface area contributed by atoms with Gasteiger partial charge in [0, 0.05) is 13.1 Å². The molecule has 2 amide bonds. The van der Waals surface area contributed by atoms with E-state index in [9.17, 15) is 4.79 Å². The minimum Gasteiger partial charge on any atom is -0.373 e. The van der Waals surface area contributed by atoms with E-state index in [2.05, 4.69) is 20.9 Å². The lowest BCUT2D eigenvalue weighted by molar-refractivity contribution is 0.244. The predicted molar refractivity (Wildman–Crippen MR) is 72.8 cm³/mol. The molecule has 1 aromatic rings. The fourth-order valence-electron chi connectivity index (χ4n) is 2.22. The van der Waals surface area contributed by atoms with Crippen LogP contribution in [0.25, 0.3) is 0 Å². The number of carbonyl (C=O) groups excluding carboxylic acids is 1. The van der Waals surface area contributed by atoms with Crippen LogP contribution in [-0.2, 0) is 0 Å². The number of anilines is 2. The molecule has 18 heavy (non-hydrogen) atoms. The highest BCUT2D eigenvalue weighted by Crippen LogP contribution is 2.17. The molecule has 0 unspecified atom stereocenters. The molecule has 0 radical (unpaired) electrons. The number of hydrogen-bond donors (Lipinski definition) is 3. The Hall–Kier alpha value is -1.78. The molecule has 3 N–H and O–H groups in total. The van der Waals surface area contributed by atoms with Crippen LogP contribution in [0, 0.1) is 0 Å². The van der Waals surface area contributed by atoms with Crippen LogP contribution in [-0.4, -0.2) is 24.1 Å². The van der Waals surface area contributed by atoms with Crippen LogP contribution >= 0.6 is 0 Å². The van der Waals surface area contributed by atoms with Crippen molar-refractivity contribution in [2.24, 2.45) is 0 Å². The van der Waals surface area contributed by atoms with Crippen molar-refractivity contribution in [2.45, 2.75) is 38.1 Å². The summed E-state index contributed by atoms with van der Waals surface area (Å²) in [5.74, 6) is 0.785. The summed E-state index contributed by atoms with van der Waals surface area (Å²) >= 11 is 0. The van der Waals surface area contributed by atoms with E-state index in [4.69, 9.17) is 0 Å². The molecule has 2 rings (SSSR count). The number of carbonyl (C=O) groups is 1. The molecule has 1 aromatic heterocycles. The van der Waals surface area contributed by atoms with Gasteiger partial charge in [-0.05, 0) is 25.0 Å². The van der Waals surface area contributed by atoms with Crippen molar-refractivity contribution < 1.29 is 4.79 Å². The first kappa shape index (κ1) is 12.7. The molecular formula is C13H20N4O. The molecule has 5 heteroatoms. The van der Waals surface area contributed by atoms with E-state index in [0.717, 1.165) is 18.7 Å². The number of nitrogens with zero attached hydrogens (tertiary/aromatic N) is 1. The second-order valence-corrected chi connectivity index (χ2v) is 4.62. The average molecular weight is 248 g/mol. The molecule has 1 heterocycles. The summed E-state index contributed by atoms with van der Waals surface area (Å²) < 4.78 is 0. The number of pyridine rings is 1. The zero-order chi connectivity index (χ0) is 12.8. The molecule has 1 aliphatic carbocycles. The molecule has 0 bridgehead atoms. The van der Waals surface area contributed by atoms with Crippen LogP contribution in [0.3, 0.4) is 0 Å². The third-order valence-electron chi connectivity index (χ3n) is 3.22. The van der Waals surface area contributed by atoms with Crippen molar-refractivity contribution in [3.63, 3.8) is 0 Å². The highest BCUT2D eigenvalue weighted by Gasteiger charge is 2.15.